The standard InChI is InChI=1S/C12H16FO4P/c13-7-3-5-11(14)9-16-18-15-8-10-4-1-2-6-12(10)17-18/h1-2,4,6,11,14H,3,5,7-9H2. The predicted octanol–water partition coefficient (Wildman–Crippen LogP) is 2.95. The second-order valence-electron chi connectivity index (χ2n) is 3.98. The number of aliphatic hydroxyl groups excluding tert-OH is 1. The minimum Gasteiger partial charge on any atom is -0.426 e. The van der Waals surface area contributed by atoms with Gasteiger partial charge in [-0.2, -0.15) is 0 Å². The minimum atomic E-state index is -1.46. The van der Waals surface area contributed by atoms with Gasteiger partial charge in [0.25, 0.3) is 0 Å². The zero-order valence-corrected chi connectivity index (χ0v) is 10.8. The first-order valence-corrected chi connectivity index (χ1v) is 6.95. The molecule has 1 aliphatic rings. The zero-order valence-electron chi connectivity index (χ0n) is 9.92. The Morgan fingerprint density at radius 1 is 1.44 bits per heavy atom. The van der Waals surface area contributed by atoms with Gasteiger partial charge in [0.2, 0.25) is 0 Å². The summed E-state index contributed by atoms with van der Waals surface area (Å²) < 4.78 is 28.2. The molecule has 1 aromatic rings. The van der Waals surface area contributed by atoms with Gasteiger partial charge < -0.3 is 9.63 Å². The van der Waals surface area contributed by atoms with Crippen molar-refractivity contribution >= 4 is 8.60 Å². The van der Waals surface area contributed by atoms with Crippen molar-refractivity contribution in [2.75, 3.05) is 13.3 Å². The van der Waals surface area contributed by atoms with Crippen LogP contribution in [-0.4, -0.2) is 24.5 Å². The highest BCUT2D eigenvalue weighted by Gasteiger charge is 2.23. The third-order valence-electron chi connectivity index (χ3n) is 2.51. The molecule has 0 aromatic heterocycles. The highest BCUT2D eigenvalue weighted by Crippen LogP contribution is 2.46. The fourth-order valence-electron chi connectivity index (χ4n) is 1.55. The Bertz CT molecular complexity index is 377. The number of hydrogen-bond acceptors (Lipinski definition) is 4. The molecule has 0 spiro atoms. The van der Waals surface area contributed by atoms with E-state index < -0.39 is 21.4 Å². The van der Waals surface area contributed by atoms with Gasteiger partial charge in [0.15, 0.2) is 0 Å². The molecule has 0 radical (unpaired) electrons. The van der Waals surface area contributed by atoms with Gasteiger partial charge in [-0.05, 0) is 18.9 Å². The molecule has 18 heavy (non-hydrogen) atoms. The van der Waals surface area contributed by atoms with Gasteiger partial charge in [-0.15, -0.1) is 0 Å². The number of aliphatic hydroxyl groups is 1. The molecule has 1 N–H and O–H groups in total. The lowest BCUT2D eigenvalue weighted by Crippen LogP contribution is -2.16. The number of para-hydroxylation sites is 1. The molecule has 0 aliphatic carbocycles. The third kappa shape index (κ3) is 3.89. The Morgan fingerprint density at radius 3 is 3.11 bits per heavy atom. The molecule has 4 nitrogen and oxygen atoms in total. The van der Waals surface area contributed by atoms with Crippen molar-refractivity contribution < 1.29 is 23.1 Å². The molecule has 0 bridgehead atoms. The van der Waals surface area contributed by atoms with Gasteiger partial charge in [0.05, 0.1) is 26.0 Å². The summed E-state index contributed by atoms with van der Waals surface area (Å²) in [6.45, 7) is 0.128. The third-order valence-corrected chi connectivity index (χ3v) is 3.56. The van der Waals surface area contributed by atoms with Crippen LogP contribution in [0.5, 0.6) is 5.75 Å². The van der Waals surface area contributed by atoms with Gasteiger partial charge in [-0.1, -0.05) is 18.2 Å². The van der Waals surface area contributed by atoms with E-state index in [0.29, 0.717) is 19.4 Å². The van der Waals surface area contributed by atoms with Gasteiger partial charge in [-0.25, -0.2) is 0 Å². The summed E-state index contributed by atoms with van der Waals surface area (Å²) in [5.74, 6) is 0.758. The first-order chi connectivity index (χ1) is 8.79. The maximum atomic E-state index is 11.9. The van der Waals surface area contributed by atoms with E-state index in [9.17, 15) is 9.50 Å². The monoisotopic (exact) mass is 274 g/mol. The van der Waals surface area contributed by atoms with Crippen LogP contribution in [-0.2, 0) is 15.7 Å². The van der Waals surface area contributed by atoms with Crippen molar-refractivity contribution in [1.82, 2.24) is 0 Å². The summed E-state index contributed by atoms with van der Waals surface area (Å²) in [7, 11) is -1.46. The molecule has 1 aromatic carbocycles. The Labute approximate surface area is 107 Å². The molecule has 0 fully saturated rings. The molecule has 0 saturated heterocycles. The molecule has 1 heterocycles. The van der Waals surface area contributed by atoms with Gasteiger partial charge in [0.1, 0.15) is 5.75 Å². The predicted molar refractivity (Wildman–Crippen MR) is 65.9 cm³/mol. The maximum absolute atomic E-state index is 11.9. The van der Waals surface area contributed by atoms with Crippen molar-refractivity contribution in [2.24, 2.45) is 0 Å². The summed E-state index contributed by atoms with van der Waals surface area (Å²) >= 11 is 0. The molecule has 2 rings (SSSR count). The summed E-state index contributed by atoms with van der Waals surface area (Å²) in [4.78, 5) is 0. The fraction of sp³-hybridized carbons (Fsp3) is 0.500. The summed E-state index contributed by atoms with van der Waals surface area (Å²) in [6, 6.07) is 7.59. The van der Waals surface area contributed by atoms with Crippen molar-refractivity contribution in [3.05, 3.63) is 29.8 Å². The van der Waals surface area contributed by atoms with Gasteiger partial charge in [-0.3, -0.25) is 13.4 Å². The molecule has 1 aliphatic heterocycles. The normalized spacial score (nSPS) is 20.0. The Morgan fingerprint density at radius 2 is 2.28 bits per heavy atom. The quantitative estimate of drug-likeness (QED) is 0.810. The van der Waals surface area contributed by atoms with Crippen LogP contribution in [0.2, 0.25) is 0 Å². The number of alkyl halides is 1. The van der Waals surface area contributed by atoms with Crippen LogP contribution in [0.3, 0.4) is 0 Å². The van der Waals surface area contributed by atoms with E-state index in [-0.39, 0.29) is 6.61 Å². The van der Waals surface area contributed by atoms with Crippen LogP contribution < -0.4 is 4.52 Å². The highest BCUT2D eigenvalue weighted by molar-refractivity contribution is 7.42. The van der Waals surface area contributed by atoms with Crippen molar-refractivity contribution in [3.8, 4) is 5.75 Å². The topological polar surface area (TPSA) is 47.9 Å². The smallest absolute Gasteiger partial charge is 0.397 e. The van der Waals surface area contributed by atoms with Crippen molar-refractivity contribution in [1.29, 1.82) is 0 Å². The molecule has 6 heteroatoms. The summed E-state index contributed by atoms with van der Waals surface area (Å²) in [5, 5.41) is 9.51. The number of fused-ring (bicyclic) bond motifs is 1. The average molecular weight is 274 g/mol. The van der Waals surface area contributed by atoms with Crippen LogP contribution in [0.25, 0.3) is 0 Å². The lowest BCUT2D eigenvalue weighted by molar-refractivity contribution is 0.0796. The summed E-state index contributed by atoms with van der Waals surface area (Å²) in [6.07, 6.45) is 0.0520. The van der Waals surface area contributed by atoms with Crippen LogP contribution in [0, 0.1) is 0 Å². The van der Waals surface area contributed by atoms with E-state index in [0.717, 1.165) is 11.3 Å². The van der Waals surface area contributed by atoms with Crippen LogP contribution in [0.4, 0.5) is 4.39 Å². The van der Waals surface area contributed by atoms with Crippen molar-refractivity contribution in [3.63, 3.8) is 0 Å². The average Bonchev–Trinajstić information content (AvgIpc) is 2.42. The number of rotatable bonds is 6. The van der Waals surface area contributed by atoms with Crippen LogP contribution in [0.1, 0.15) is 18.4 Å². The van der Waals surface area contributed by atoms with Crippen molar-refractivity contribution in [2.45, 2.75) is 25.6 Å². The highest BCUT2D eigenvalue weighted by atomic mass is 31.2. The Balaban J connectivity index is 1.76. The number of halogens is 1. The Kier molecular flexibility index (Phi) is 5.32. The second-order valence-corrected chi connectivity index (χ2v) is 5.12. The zero-order chi connectivity index (χ0) is 12.8. The molecule has 2 atom stereocenters. The molecular formula is C12H16FO4P. The van der Waals surface area contributed by atoms with E-state index in [1.54, 1.807) is 0 Å². The molecule has 2 unspecified atom stereocenters. The SMILES string of the molecule is OC(CCCF)COP1OCc2ccccc2O1. The lowest BCUT2D eigenvalue weighted by Gasteiger charge is -2.24. The molecule has 0 amide bonds. The van der Waals surface area contributed by atoms with E-state index in [4.69, 9.17) is 13.6 Å². The van der Waals surface area contributed by atoms with Crippen LogP contribution >= 0.6 is 8.60 Å². The van der Waals surface area contributed by atoms with E-state index in [1.165, 1.54) is 0 Å². The Hall–Kier alpha value is -0.740. The van der Waals surface area contributed by atoms with Crippen LogP contribution in [0.15, 0.2) is 24.3 Å². The fourth-order valence-corrected chi connectivity index (χ4v) is 2.60. The number of benzene rings is 1. The molecular weight excluding hydrogens is 258 g/mol. The largest absolute Gasteiger partial charge is 0.426 e. The lowest BCUT2D eigenvalue weighted by atomic mass is 10.2. The van der Waals surface area contributed by atoms with Gasteiger partial charge in [0, 0.05) is 5.56 Å². The molecule has 100 valence electrons. The maximum Gasteiger partial charge on any atom is 0.397 e. The molecule has 0 saturated carbocycles. The van der Waals surface area contributed by atoms with E-state index >= 15 is 0 Å². The summed E-state index contributed by atoms with van der Waals surface area (Å²) in [5.41, 5.74) is 0.984. The van der Waals surface area contributed by atoms with Gasteiger partial charge >= 0.3 is 8.60 Å². The number of hydrogen-bond donors (Lipinski definition) is 1. The van der Waals surface area contributed by atoms with E-state index in [2.05, 4.69) is 0 Å². The minimum absolute atomic E-state index is 0.105. The second kappa shape index (κ2) is 7.00. The first-order valence-electron chi connectivity index (χ1n) is 5.85. The van der Waals surface area contributed by atoms with E-state index in [1.807, 2.05) is 24.3 Å². The first kappa shape index (κ1) is 13.7.